The van der Waals surface area contributed by atoms with E-state index in [0.29, 0.717) is 11.3 Å². The summed E-state index contributed by atoms with van der Waals surface area (Å²) in [6.07, 6.45) is 1.82. The van der Waals surface area contributed by atoms with E-state index in [2.05, 4.69) is 22.5 Å². The zero-order valence-electron chi connectivity index (χ0n) is 13.8. The average molecular weight is 353 g/mol. The van der Waals surface area contributed by atoms with Crippen LogP contribution in [0, 0.1) is 27.8 Å². The number of non-ortho nitro benzene ring substituents is 1. The molecule has 1 aliphatic heterocycles. The Kier molecular flexibility index (Phi) is 5.25. The number of carbonyl (C=O) groups is 1. The molecule has 1 aliphatic rings. The second-order valence-corrected chi connectivity index (χ2v) is 5.92. The van der Waals surface area contributed by atoms with Crippen LogP contribution in [0.5, 0.6) is 0 Å². The van der Waals surface area contributed by atoms with Crippen LogP contribution in [0.1, 0.15) is 24.0 Å². The first kappa shape index (κ1) is 17.6. The zero-order valence-corrected chi connectivity index (χ0v) is 13.8. The summed E-state index contributed by atoms with van der Waals surface area (Å²) < 4.78 is 13.4. The zero-order chi connectivity index (χ0) is 18.5. The van der Waals surface area contributed by atoms with Crippen LogP contribution in [-0.2, 0) is 4.79 Å². The summed E-state index contributed by atoms with van der Waals surface area (Å²) in [4.78, 5) is 22.1. The molecule has 0 bridgehead atoms. The van der Waals surface area contributed by atoms with Crippen LogP contribution < -0.4 is 10.6 Å². The van der Waals surface area contributed by atoms with Gasteiger partial charge in [0.2, 0.25) is 5.91 Å². The van der Waals surface area contributed by atoms with Gasteiger partial charge in [-0.25, -0.2) is 4.39 Å². The molecule has 2 N–H and O–H groups in total. The quantitative estimate of drug-likeness (QED) is 0.505. The lowest BCUT2D eigenvalue weighted by Crippen LogP contribution is -2.35. The summed E-state index contributed by atoms with van der Waals surface area (Å²) in [5.41, 5.74) is 1.19. The van der Waals surface area contributed by atoms with Crippen LogP contribution in [-0.4, -0.2) is 23.4 Å². The fraction of sp³-hybridized carbons (Fsp3) is 0.211. The molecule has 7 heteroatoms. The van der Waals surface area contributed by atoms with Gasteiger partial charge in [-0.1, -0.05) is 11.8 Å². The molecule has 2 aromatic carbocycles. The number of amides is 1. The number of rotatable bonds is 3. The Bertz CT molecular complexity index is 894. The Balaban J connectivity index is 1.69. The van der Waals surface area contributed by atoms with Gasteiger partial charge in [0.25, 0.3) is 5.69 Å². The average Bonchev–Trinajstić information content (AvgIpc) is 3.15. The Morgan fingerprint density at radius 3 is 2.58 bits per heavy atom. The predicted octanol–water partition coefficient (Wildman–Crippen LogP) is 2.82. The molecule has 1 heterocycles. The Morgan fingerprint density at radius 1 is 1.19 bits per heavy atom. The highest BCUT2D eigenvalue weighted by Gasteiger charge is 2.21. The van der Waals surface area contributed by atoms with Gasteiger partial charge < -0.3 is 10.6 Å². The monoisotopic (exact) mass is 353 g/mol. The molecule has 26 heavy (non-hydrogen) atoms. The highest BCUT2D eigenvalue weighted by atomic mass is 19.1. The lowest BCUT2D eigenvalue weighted by atomic mass is 10.1. The van der Waals surface area contributed by atoms with Crippen molar-refractivity contribution in [2.75, 3.05) is 11.9 Å². The Labute approximate surface area is 149 Å². The van der Waals surface area contributed by atoms with Gasteiger partial charge in [-0.05, 0) is 49.7 Å². The van der Waals surface area contributed by atoms with Crippen LogP contribution in [0.15, 0.2) is 42.5 Å². The van der Waals surface area contributed by atoms with Crippen molar-refractivity contribution in [3.63, 3.8) is 0 Å². The van der Waals surface area contributed by atoms with Crippen molar-refractivity contribution in [3.8, 4) is 11.8 Å². The summed E-state index contributed by atoms with van der Waals surface area (Å²) in [6, 6.07) is 9.95. The summed E-state index contributed by atoms with van der Waals surface area (Å²) >= 11 is 0. The molecule has 0 spiro atoms. The van der Waals surface area contributed by atoms with Gasteiger partial charge in [-0.15, -0.1) is 0 Å². The predicted molar refractivity (Wildman–Crippen MR) is 95.1 cm³/mol. The third-order valence-electron chi connectivity index (χ3n) is 3.97. The Morgan fingerprint density at radius 2 is 1.92 bits per heavy atom. The van der Waals surface area contributed by atoms with Gasteiger partial charge >= 0.3 is 0 Å². The van der Waals surface area contributed by atoms with Crippen molar-refractivity contribution in [2.24, 2.45) is 0 Å². The summed E-state index contributed by atoms with van der Waals surface area (Å²) in [5.74, 6) is 4.77. The van der Waals surface area contributed by atoms with Gasteiger partial charge in [0.05, 0.1) is 17.0 Å². The number of anilines is 1. The van der Waals surface area contributed by atoms with Crippen molar-refractivity contribution in [3.05, 3.63) is 69.5 Å². The normalized spacial score (nSPS) is 15.8. The topological polar surface area (TPSA) is 84.3 Å². The maximum absolute atomic E-state index is 13.4. The number of nitro groups is 1. The van der Waals surface area contributed by atoms with Gasteiger partial charge in [-0.3, -0.25) is 14.9 Å². The molecule has 0 aromatic heterocycles. The van der Waals surface area contributed by atoms with E-state index in [4.69, 9.17) is 0 Å². The SMILES string of the molecule is O=C(Nc1ccc(C#Cc2cc(F)cc([N+](=O)[O-])c2)cc1)[C@H]1CCCN1. The Hall–Kier alpha value is -3.24. The lowest BCUT2D eigenvalue weighted by molar-refractivity contribution is -0.385. The lowest BCUT2D eigenvalue weighted by Gasteiger charge is -2.10. The van der Waals surface area contributed by atoms with Crippen molar-refractivity contribution >= 4 is 17.3 Å². The van der Waals surface area contributed by atoms with E-state index >= 15 is 0 Å². The van der Waals surface area contributed by atoms with E-state index in [1.54, 1.807) is 24.3 Å². The second kappa shape index (κ2) is 7.76. The number of nitrogens with one attached hydrogen (secondary N) is 2. The third-order valence-corrected chi connectivity index (χ3v) is 3.97. The molecule has 1 fully saturated rings. The first-order chi connectivity index (χ1) is 12.5. The van der Waals surface area contributed by atoms with E-state index < -0.39 is 10.7 Å². The standard InChI is InChI=1S/C19H16FN3O3/c20-15-10-14(11-17(12-15)23(25)26)4-3-13-5-7-16(8-6-13)22-19(24)18-2-1-9-21-18/h5-8,10-12,18,21H,1-2,9H2,(H,22,24)/t18-/m1/s1. The largest absolute Gasteiger partial charge is 0.325 e. The van der Waals surface area contributed by atoms with Crippen molar-refractivity contribution in [1.29, 1.82) is 0 Å². The van der Waals surface area contributed by atoms with Gasteiger partial charge in [0, 0.05) is 22.9 Å². The van der Waals surface area contributed by atoms with Crippen LogP contribution in [0.25, 0.3) is 0 Å². The van der Waals surface area contributed by atoms with E-state index in [-0.39, 0.29) is 23.2 Å². The highest BCUT2D eigenvalue weighted by molar-refractivity contribution is 5.95. The van der Waals surface area contributed by atoms with E-state index in [1.807, 2.05) is 0 Å². The van der Waals surface area contributed by atoms with E-state index in [0.717, 1.165) is 31.5 Å². The van der Waals surface area contributed by atoms with Crippen molar-refractivity contribution < 1.29 is 14.1 Å². The fourth-order valence-corrected chi connectivity index (χ4v) is 2.67. The first-order valence-electron chi connectivity index (χ1n) is 8.12. The number of hydrogen-bond acceptors (Lipinski definition) is 4. The van der Waals surface area contributed by atoms with Crippen LogP contribution in [0.4, 0.5) is 15.8 Å². The molecule has 6 nitrogen and oxygen atoms in total. The minimum atomic E-state index is -0.706. The molecule has 2 aromatic rings. The number of nitrogens with zero attached hydrogens (tertiary/aromatic N) is 1. The van der Waals surface area contributed by atoms with Gasteiger partial charge in [0.1, 0.15) is 5.82 Å². The molecule has 132 valence electrons. The smallest absolute Gasteiger partial charge is 0.273 e. The molecular weight excluding hydrogens is 337 g/mol. The molecule has 3 rings (SSSR count). The summed E-state index contributed by atoms with van der Waals surface area (Å²) in [5, 5.41) is 16.7. The molecule has 0 radical (unpaired) electrons. The molecule has 1 saturated heterocycles. The minimum absolute atomic E-state index is 0.0617. The van der Waals surface area contributed by atoms with Crippen LogP contribution in [0.2, 0.25) is 0 Å². The maximum atomic E-state index is 13.4. The second-order valence-electron chi connectivity index (χ2n) is 5.92. The van der Waals surface area contributed by atoms with Crippen LogP contribution >= 0.6 is 0 Å². The van der Waals surface area contributed by atoms with Gasteiger partial charge in [-0.2, -0.15) is 0 Å². The van der Waals surface area contributed by atoms with Crippen LogP contribution in [0.3, 0.4) is 0 Å². The number of hydrogen-bond donors (Lipinski definition) is 2. The van der Waals surface area contributed by atoms with Crippen molar-refractivity contribution in [2.45, 2.75) is 18.9 Å². The molecular formula is C19H16FN3O3. The number of nitro benzene ring substituents is 1. The maximum Gasteiger partial charge on any atom is 0.273 e. The van der Waals surface area contributed by atoms with E-state index in [1.165, 1.54) is 6.07 Å². The van der Waals surface area contributed by atoms with Crippen molar-refractivity contribution in [1.82, 2.24) is 5.32 Å². The molecule has 0 unspecified atom stereocenters. The summed E-state index contributed by atoms with van der Waals surface area (Å²) in [7, 11) is 0. The number of carbonyl (C=O) groups excluding carboxylic acids is 1. The summed E-state index contributed by atoms with van der Waals surface area (Å²) in [6.45, 7) is 0.852. The fourth-order valence-electron chi connectivity index (χ4n) is 2.67. The van der Waals surface area contributed by atoms with Gasteiger partial charge in [0.15, 0.2) is 0 Å². The molecule has 1 atom stereocenters. The molecule has 0 saturated carbocycles. The first-order valence-corrected chi connectivity index (χ1v) is 8.12. The highest BCUT2D eigenvalue weighted by Crippen LogP contribution is 2.16. The molecule has 0 aliphatic carbocycles. The number of benzene rings is 2. The third kappa shape index (κ3) is 4.43. The number of halogens is 1. The molecule has 1 amide bonds. The van der Waals surface area contributed by atoms with E-state index in [9.17, 15) is 19.3 Å². The minimum Gasteiger partial charge on any atom is -0.325 e.